The Morgan fingerprint density at radius 3 is 2.42 bits per heavy atom. The lowest BCUT2D eigenvalue weighted by Crippen LogP contribution is -2.01. The zero-order valence-electron chi connectivity index (χ0n) is 14.8. The molecule has 5 nitrogen and oxygen atoms in total. The number of allylic oxidation sites excluding steroid dienone is 1. The standard InChI is InChI=1S/C21H19NO4/c1-12-19(13(2)22-20(12)21(24)25)18(23)9-5-14-4-6-16-11-17(26-3)8-7-15(16)10-14/h4-11,22H,1-3H3,(H,24,25)/b9-5+. The second kappa shape index (κ2) is 6.88. The molecule has 0 saturated heterocycles. The summed E-state index contributed by atoms with van der Waals surface area (Å²) < 4.78 is 5.22. The van der Waals surface area contributed by atoms with Crippen molar-refractivity contribution >= 4 is 28.6 Å². The van der Waals surface area contributed by atoms with E-state index in [1.54, 1.807) is 27.0 Å². The van der Waals surface area contributed by atoms with Gasteiger partial charge in [-0.2, -0.15) is 0 Å². The molecule has 1 heterocycles. The van der Waals surface area contributed by atoms with Crippen LogP contribution < -0.4 is 4.74 Å². The number of aryl methyl sites for hydroxylation is 1. The molecule has 0 atom stereocenters. The number of rotatable bonds is 5. The normalized spacial score (nSPS) is 11.2. The Labute approximate surface area is 150 Å². The number of nitrogens with one attached hydrogen (secondary N) is 1. The minimum absolute atomic E-state index is 0.0545. The maximum absolute atomic E-state index is 12.5. The van der Waals surface area contributed by atoms with Crippen molar-refractivity contribution in [2.24, 2.45) is 0 Å². The van der Waals surface area contributed by atoms with Crippen LogP contribution in [0.1, 0.15) is 37.7 Å². The highest BCUT2D eigenvalue weighted by atomic mass is 16.5. The Bertz CT molecular complexity index is 1040. The number of H-pyrrole nitrogens is 1. The van der Waals surface area contributed by atoms with Crippen molar-refractivity contribution in [3.8, 4) is 5.75 Å². The zero-order valence-corrected chi connectivity index (χ0v) is 14.8. The molecule has 5 heteroatoms. The first kappa shape index (κ1) is 17.5. The molecule has 3 aromatic rings. The molecule has 0 aliphatic heterocycles. The number of aromatic nitrogens is 1. The molecule has 0 unspecified atom stereocenters. The molecule has 132 valence electrons. The van der Waals surface area contributed by atoms with E-state index in [9.17, 15) is 9.59 Å². The largest absolute Gasteiger partial charge is 0.497 e. The smallest absolute Gasteiger partial charge is 0.352 e. The fraction of sp³-hybridized carbons (Fsp3) is 0.143. The van der Waals surface area contributed by atoms with Gasteiger partial charge in [-0.05, 0) is 60.0 Å². The van der Waals surface area contributed by atoms with Crippen molar-refractivity contribution < 1.29 is 19.4 Å². The second-order valence-corrected chi connectivity index (χ2v) is 6.10. The van der Waals surface area contributed by atoms with Crippen molar-refractivity contribution in [2.75, 3.05) is 7.11 Å². The molecule has 3 rings (SSSR count). The van der Waals surface area contributed by atoms with Crippen molar-refractivity contribution in [3.05, 3.63) is 70.6 Å². The number of hydrogen-bond acceptors (Lipinski definition) is 3. The van der Waals surface area contributed by atoms with Crippen LogP contribution in [0.15, 0.2) is 42.5 Å². The third-order valence-corrected chi connectivity index (χ3v) is 4.40. The van der Waals surface area contributed by atoms with Crippen LogP contribution in [0.5, 0.6) is 5.75 Å². The molecule has 0 bridgehead atoms. The number of aromatic amines is 1. The summed E-state index contributed by atoms with van der Waals surface area (Å²) in [5.74, 6) is -0.499. The Balaban J connectivity index is 1.89. The van der Waals surface area contributed by atoms with Gasteiger partial charge in [0, 0.05) is 11.3 Å². The second-order valence-electron chi connectivity index (χ2n) is 6.10. The Morgan fingerprint density at radius 2 is 1.77 bits per heavy atom. The number of carbonyl (C=O) groups excluding carboxylic acids is 1. The van der Waals surface area contributed by atoms with Gasteiger partial charge in [0.1, 0.15) is 11.4 Å². The van der Waals surface area contributed by atoms with Gasteiger partial charge in [0.15, 0.2) is 5.78 Å². The molecule has 2 N–H and O–H groups in total. The first-order valence-corrected chi connectivity index (χ1v) is 8.13. The van der Waals surface area contributed by atoms with Crippen molar-refractivity contribution in [2.45, 2.75) is 13.8 Å². The Kier molecular flexibility index (Phi) is 4.63. The van der Waals surface area contributed by atoms with E-state index in [-0.39, 0.29) is 11.5 Å². The Morgan fingerprint density at radius 1 is 1.08 bits per heavy atom. The lowest BCUT2D eigenvalue weighted by Gasteiger charge is -2.03. The van der Waals surface area contributed by atoms with Crippen molar-refractivity contribution in [1.29, 1.82) is 0 Å². The van der Waals surface area contributed by atoms with Crippen LogP contribution in [0.25, 0.3) is 16.8 Å². The number of carboxylic acids is 1. The van der Waals surface area contributed by atoms with Gasteiger partial charge in [-0.1, -0.05) is 24.3 Å². The lowest BCUT2D eigenvalue weighted by molar-refractivity contribution is 0.0690. The topological polar surface area (TPSA) is 79.4 Å². The fourth-order valence-electron chi connectivity index (χ4n) is 3.06. The minimum atomic E-state index is -1.07. The highest BCUT2D eigenvalue weighted by molar-refractivity contribution is 6.10. The molecule has 0 aliphatic carbocycles. The summed E-state index contributed by atoms with van der Waals surface area (Å²) in [5.41, 5.74) is 2.36. The number of methoxy groups -OCH3 is 1. The van der Waals surface area contributed by atoms with Crippen LogP contribution in [0, 0.1) is 13.8 Å². The number of carbonyl (C=O) groups is 2. The highest BCUT2D eigenvalue weighted by Gasteiger charge is 2.19. The van der Waals surface area contributed by atoms with E-state index in [1.165, 1.54) is 6.08 Å². The molecular weight excluding hydrogens is 330 g/mol. The van der Waals surface area contributed by atoms with Crippen molar-refractivity contribution in [1.82, 2.24) is 4.98 Å². The van der Waals surface area contributed by atoms with E-state index in [1.807, 2.05) is 36.4 Å². The summed E-state index contributed by atoms with van der Waals surface area (Å²) in [7, 11) is 1.63. The Hall–Kier alpha value is -3.34. The average Bonchev–Trinajstić information content (AvgIpc) is 2.93. The SMILES string of the molecule is COc1ccc2cc(/C=C/C(=O)c3c(C)[nH]c(C(=O)O)c3C)ccc2c1. The summed E-state index contributed by atoms with van der Waals surface area (Å²) in [4.78, 5) is 26.5. The first-order valence-electron chi connectivity index (χ1n) is 8.13. The van der Waals surface area contributed by atoms with Gasteiger partial charge in [-0.3, -0.25) is 4.79 Å². The summed E-state index contributed by atoms with van der Waals surface area (Å²) >= 11 is 0. The molecule has 0 saturated carbocycles. The van der Waals surface area contributed by atoms with Crippen LogP contribution in [0.2, 0.25) is 0 Å². The lowest BCUT2D eigenvalue weighted by atomic mass is 10.0. The predicted molar refractivity (Wildman–Crippen MR) is 101 cm³/mol. The van der Waals surface area contributed by atoms with Crippen LogP contribution in [0.4, 0.5) is 0 Å². The van der Waals surface area contributed by atoms with Crippen LogP contribution in [0.3, 0.4) is 0 Å². The highest BCUT2D eigenvalue weighted by Crippen LogP contribution is 2.23. The van der Waals surface area contributed by atoms with E-state index >= 15 is 0 Å². The summed E-state index contributed by atoms with van der Waals surface area (Å²) in [6.45, 7) is 3.33. The van der Waals surface area contributed by atoms with Crippen LogP contribution >= 0.6 is 0 Å². The van der Waals surface area contributed by atoms with E-state index in [0.717, 1.165) is 22.1 Å². The third-order valence-electron chi connectivity index (χ3n) is 4.40. The number of ketones is 1. The van der Waals surface area contributed by atoms with Crippen molar-refractivity contribution in [3.63, 3.8) is 0 Å². The van der Waals surface area contributed by atoms with Gasteiger partial charge in [-0.15, -0.1) is 0 Å². The monoisotopic (exact) mass is 349 g/mol. The van der Waals surface area contributed by atoms with Gasteiger partial charge in [0.2, 0.25) is 0 Å². The number of fused-ring (bicyclic) bond motifs is 1. The van der Waals surface area contributed by atoms with Crippen LogP contribution in [-0.2, 0) is 0 Å². The van der Waals surface area contributed by atoms with Crippen LogP contribution in [-0.4, -0.2) is 29.0 Å². The summed E-state index contributed by atoms with van der Waals surface area (Å²) in [5, 5.41) is 11.3. The van der Waals surface area contributed by atoms with E-state index < -0.39 is 5.97 Å². The molecule has 0 amide bonds. The molecular formula is C21H19NO4. The van der Waals surface area contributed by atoms with Gasteiger partial charge >= 0.3 is 5.97 Å². The minimum Gasteiger partial charge on any atom is -0.497 e. The van der Waals surface area contributed by atoms with Gasteiger partial charge in [0.05, 0.1) is 7.11 Å². The number of benzene rings is 2. The quantitative estimate of drug-likeness (QED) is 0.529. The number of hydrogen-bond donors (Lipinski definition) is 2. The van der Waals surface area contributed by atoms with Gasteiger partial charge in [0.25, 0.3) is 0 Å². The van der Waals surface area contributed by atoms with E-state index in [2.05, 4.69) is 4.98 Å². The fourth-order valence-corrected chi connectivity index (χ4v) is 3.06. The number of ether oxygens (including phenoxy) is 1. The third kappa shape index (κ3) is 3.24. The molecule has 26 heavy (non-hydrogen) atoms. The average molecular weight is 349 g/mol. The molecule has 0 radical (unpaired) electrons. The molecule has 2 aromatic carbocycles. The molecule has 1 aromatic heterocycles. The molecule has 0 aliphatic rings. The summed E-state index contributed by atoms with van der Waals surface area (Å²) in [6.07, 6.45) is 3.21. The predicted octanol–water partition coefficient (Wildman–Crippen LogP) is 4.39. The zero-order chi connectivity index (χ0) is 18.8. The summed E-state index contributed by atoms with van der Waals surface area (Å²) in [6, 6.07) is 11.7. The maximum atomic E-state index is 12.5. The molecule has 0 spiro atoms. The van der Waals surface area contributed by atoms with E-state index in [0.29, 0.717) is 16.8 Å². The number of carboxylic acid groups (broad SMARTS) is 1. The maximum Gasteiger partial charge on any atom is 0.352 e. The molecule has 0 fully saturated rings. The van der Waals surface area contributed by atoms with E-state index in [4.69, 9.17) is 9.84 Å². The van der Waals surface area contributed by atoms with Gasteiger partial charge < -0.3 is 14.8 Å². The number of aromatic carboxylic acids is 1. The first-order chi connectivity index (χ1) is 12.4. The van der Waals surface area contributed by atoms with Gasteiger partial charge in [-0.25, -0.2) is 4.79 Å².